The molecule has 5 heteroatoms. The van der Waals surface area contributed by atoms with Crippen molar-refractivity contribution in [2.75, 3.05) is 0 Å². The van der Waals surface area contributed by atoms with Crippen LogP contribution in [0.4, 0.5) is 0 Å². The van der Waals surface area contributed by atoms with Gasteiger partial charge in [-0.25, -0.2) is 0 Å². The minimum atomic E-state index is -2.40. The van der Waals surface area contributed by atoms with E-state index in [2.05, 4.69) is 0 Å². The number of benzene rings is 2. The molecule has 0 fully saturated rings. The molecule has 1 heterocycles. The Balaban J connectivity index is 2.61. The topological polar surface area (TPSA) is 57.2 Å². The molecule has 1 unspecified atom stereocenters. The van der Waals surface area contributed by atoms with Crippen LogP contribution >= 0.6 is 11.3 Å². The summed E-state index contributed by atoms with van der Waals surface area (Å²) in [5.74, 6) is 0. The number of hydrogen-bond donors (Lipinski definition) is 0. The SMILES string of the molecule is O=c1c2ccccc2sc2cccc(S(=O)[O-])c12. The first-order valence-electron chi connectivity index (χ1n) is 5.22. The molecule has 0 aliphatic rings. The molecule has 0 saturated heterocycles. The van der Waals surface area contributed by atoms with Gasteiger partial charge in [-0.1, -0.05) is 18.2 Å². The average Bonchev–Trinajstić information content (AvgIpc) is 2.38. The van der Waals surface area contributed by atoms with E-state index in [0.29, 0.717) is 10.1 Å². The van der Waals surface area contributed by atoms with Gasteiger partial charge in [-0.2, -0.15) is 0 Å². The Labute approximate surface area is 109 Å². The molecule has 90 valence electrons. The first-order valence-corrected chi connectivity index (χ1v) is 7.11. The lowest BCUT2D eigenvalue weighted by Crippen LogP contribution is -2.05. The molecule has 0 amide bonds. The van der Waals surface area contributed by atoms with E-state index in [1.165, 1.54) is 17.4 Å². The lowest BCUT2D eigenvalue weighted by molar-refractivity contribution is 0.538. The van der Waals surface area contributed by atoms with E-state index in [1.807, 2.05) is 12.1 Å². The van der Waals surface area contributed by atoms with Gasteiger partial charge in [-0.05, 0) is 35.3 Å². The quantitative estimate of drug-likeness (QED) is 0.507. The standard InChI is InChI=1S/C13H8O3S2/c14-13-8-4-1-2-5-9(8)17-10-6-3-7-11(12(10)13)18(15)16/h1-7H,(H,15,16)/p-1. The third-order valence-electron chi connectivity index (χ3n) is 2.75. The van der Waals surface area contributed by atoms with Gasteiger partial charge in [0.1, 0.15) is 0 Å². The van der Waals surface area contributed by atoms with Gasteiger partial charge in [0.15, 0.2) is 5.43 Å². The molecule has 3 rings (SSSR count). The monoisotopic (exact) mass is 275 g/mol. The maximum absolute atomic E-state index is 12.3. The molecular formula is C13H7O3S2-. The van der Waals surface area contributed by atoms with Crippen LogP contribution in [-0.2, 0) is 11.1 Å². The Morgan fingerprint density at radius 1 is 1.00 bits per heavy atom. The van der Waals surface area contributed by atoms with Crippen LogP contribution in [0, 0.1) is 0 Å². The predicted octanol–water partition coefficient (Wildman–Crippen LogP) is 2.65. The van der Waals surface area contributed by atoms with Crippen molar-refractivity contribution in [3.8, 4) is 0 Å². The summed E-state index contributed by atoms with van der Waals surface area (Å²) in [5.41, 5.74) is -0.223. The van der Waals surface area contributed by atoms with E-state index in [4.69, 9.17) is 0 Å². The van der Waals surface area contributed by atoms with Gasteiger partial charge in [0.05, 0.1) is 5.39 Å². The first-order chi connectivity index (χ1) is 8.68. The van der Waals surface area contributed by atoms with Gasteiger partial charge in [-0.15, -0.1) is 11.3 Å². The first kappa shape index (κ1) is 11.5. The van der Waals surface area contributed by atoms with Crippen molar-refractivity contribution >= 4 is 42.6 Å². The highest BCUT2D eigenvalue weighted by Gasteiger charge is 2.09. The van der Waals surface area contributed by atoms with Crippen LogP contribution in [0.5, 0.6) is 0 Å². The van der Waals surface area contributed by atoms with Gasteiger partial charge >= 0.3 is 0 Å². The van der Waals surface area contributed by atoms with Crippen LogP contribution in [0.25, 0.3) is 20.2 Å². The minimum absolute atomic E-state index is 0.0690. The Kier molecular flexibility index (Phi) is 2.74. The normalized spacial score (nSPS) is 12.9. The molecule has 0 radical (unpaired) electrons. The zero-order chi connectivity index (χ0) is 12.7. The van der Waals surface area contributed by atoms with Crippen molar-refractivity contribution in [2.24, 2.45) is 0 Å². The Bertz CT molecular complexity index is 836. The molecule has 0 saturated carbocycles. The summed E-state index contributed by atoms with van der Waals surface area (Å²) in [6.07, 6.45) is 0. The van der Waals surface area contributed by atoms with Crippen molar-refractivity contribution in [3.05, 3.63) is 52.7 Å². The summed E-state index contributed by atoms with van der Waals surface area (Å²) in [4.78, 5) is 12.4. The minimum Gasteiger partial charge on any atom is -0.768 e. The van der Waals surface area contributed by atoms with Gasteiger partial charge < -0.3 is 4.55 Å². The fraction of sp³-hybridized carbons (Fsp3) is 0. The molecule has 0 aliphatic heterocycles. The number of rotatable bonds is 1. The van der Waals surface area contributed by atoms with Crippen molar-refractivity contribution in [2.45, 2.75) is 4.90 Å². The maximum Gasteiger partial charge on any atom is 0.197 e. The largest absolute Gasteiger partial charge is 0.768 e. The molecule has 0 N–H and O–H groups in total. The number of hydrogen-bond acceptors (Lipinski definition) is 4. The molecule has 0 spiro atoms. The Hall–Kier alpha value is -1.56. The molecule has 0 bridgehead atoms. The fourth-order valence-corrected chi connectivity index (χ4v) is 3.68. The van der Waals surface area contributed by atoms with Gasteiger partial charge in [-0.3, -0.25) is 9.00 Å². The third-order valence-corrected chi connectivity index (χ3v) is 4.58. The zero-order valence-corrected chi connectivity index (χ0v) is 10.7. The predicted molar refractivity (Wildman–Crippen MR) is 72.8 cm³/mol. The summed E-state index contributed by atoms with van der Waals surface area (Å²) < 4.78 is 23.9. The summed E-state index contributed by atoms with van der Waals surface area (Å²) >= 11 is -0.976. The summed E-state index contributed by atoms with van der Waals surface area (Å²) in [6, 6.07) is 12.1. The molecule has 18 heavy (non-hydrogen) atoms. The van der Waals surface area contributed by atoms with E-state index in [1.54, 1.807) is 24.3 Å². The van der Waals surface area contributed by atoms with Crippen molar-refractivity contribution in [3.63, 3.8) is 0 Å². The summed E-state index contributed by atoms with van der Waals surface area (Å²) in [5, 5.41) is 0.849. The number of fused-ring (bicyclic) bond motifs is 2. The fourth-order valence-electron chi connectivity index (χ4n) is 1.96. The van der Waals surface area contributed by atoms with E-state index in [9.17, 15) is 13.6 Å². The second kappa shape index (κ2) is 4.28. The van der Waals surface area contributed by atoms with Gasteiger partial charge in [0.25, 0.3) is 0 Å². The zero-order valence-electron chi connectivity index (χ0n) is 9.08. The molecule has 3 aromatic rings. The molecule has 1 atom stereocenters. The molecule has 1 aromatic heterocycles. The second-order valence-corrected chi connectivity index (χ2v) is 5.78. The van der Waals surface area contributed by atoms with Crippen LogP contribution < -0.4 is 5.43 Å². The van der Waals surface area contributed by atoms with E-state index in [-0.39, 0.29) is 15.7 Å². The van der Waals surface area contributed by atoms with Crippen LogP contribution in [0.3, 0.4) is 0 Å². The molecule has 3 nitrogen and oxygen atoms in total. The lowest BCUT2D eigenvalue weighted by atomic mass is 10.2. The Morgan fingerprint density at radius 3 is 2.50 bits per heavy atom. The van der Waals surface area contributed by atoms with Gasteiger partial charge in [0.2, 0.25) is 0 Å². The highest BCUT2D eigenvalue weighted by atomic mass is 32.2. The average molecular weight is 275 g/mol. The summed E-state index contributed by atoms with van der Waals surface area (Å²) in [7, 11) is 0. The highest BCUT2D eigenvalue weighted by molar-refractivity contribution is 7.79. The van der Waals surface area contributed by atoms with Crippen molar-refractivity contribution < 1.29 is 8.76 Å². The second-order valence-electron chi connectivity index (χ2n) is 3.79. The summed E-state index contributed by atoms with van der Waals surface area (Å²) in [6.45, 7) is 0. The van der Waals surface area contributed by atoms with E-state index >= 15 is 0 Å². The molecule has 0 aliphatic carbocycles. The Morgan fingerprint density at radius 2 is 1.72 bits per heavy atom. The van der Waals surface area contributed by atoms with Crippen LogP contribution in [0.2, 0.25) is 0 Å². The third kappa shape index (κ3) is 1.68. The van der Waals surface area contributed by atoms with E-state index < -0.39 is 11.1 Å². The van der Waals surface area contributed by atoms with Crippen molar-refractivity contribution in [1.29, 1.82) is 0 Å². The van der Waals surface area contributed by atoms with Gasteiger partial charge in [0, 0.05) is 19.7 Å². The van der Waals surface area contributed by atoms with Crippen molar-refractivity contribution in [1.82, 2.24) is 0 Å². The highest BCUT2D eigenvalue weighted by Crippen LogP contribution is 2.27. The molecular weight excluding hydrogens is 268 g/mol. The van der Waals surface area contributed by atoms with Crippen LogP contribution in [-0.4, -0.2) is 8.76 Å². The van der Waals surface area contributed by atoms with Crippen LogP contribution in [0.1, 0.15) is 0 Å². The maximum atomic E-state index is 12.3. The lowest BCUT2D eigenvalue weighted by Gasteiger charge is -2.08. The molecule has 2 aromatic carbocycles. The smallest absolute Gasteiger partial charge is 0.197 e. The van der Waals surface area contributed by atoms with E-state index in [0.717, 1.165) is 4.70 Å². The van der Waals surface area contributed by atoms with Crippen LogP contribution in [0.15, 0.2) is 52.2 Å².